The highest BCUT2D eigenvalue weighted by Crippen LogP contribution is 2.41. The largest absolute Gasteiger partial charge is 0.378 e. The molecule has 3 heteroatoms. The molecule has 6 rings (SSSR count). The number of para-hydroxylation sites is 1. The van der Waals surface area contributed by atoms with Crippen LogP contribution < -0.4 is 10.2 Å². The summed E-state index contributed by atoms with van der Waals surface area (Å²) in [5.41, 5.74) is 6.49. The molecule has 3 aromatic carbocycles. The summed E-state index contributed by atoms with van der Waals surface area (Å²) in [6, 6.07) is 22.6. The van der Waals surface area contributed by atoms with Crippen molar-refractivity contribution in [1.82, 2.24) is 0 Å². The van der Waals surface area contributed by atoms with Crippen LogP contribution in [0, 0.1) is 5.82 Å². The van der Waals surface area contributed by atoms with E-state index >= 15 is 0 Å². The van der Waals surface area contributed by atoms with Crippen LogP contribution in [0.25, 0.3) is 11.1 Å². The average molecular weight is 433 g/mol. The van der Waals surface area contributed by atoms with Gasteiger partial charge in [0.25, 0.3) is 0 Å². The molecule has 0 bridgehead atoms. The van der Waals surface area contributed by atoms with Gasteiger partial charge in [0.15, 0.2) is 0 Å². The minimum Gasteiger partial charge on any atom is -0.378 e. The molecule has 0 saturated carbocycles. The molecule has 3 unspecified atom stereocenters. The molecular weight excluding hydrogens is 407 g/mol. The molecule has 1 aliphatic heterocycles. The summed E-state index contributed by atoms with van der Waals surface area (Å²) >= 11 is 0. The molecule has 2 nitrogen and oxygen atoms in total. The Labute approximate surface area is 194 Å². The van der Waals surface area contributed by atoms with Gasteiger partial charge < -0.3 is 10.2 Å². The SMILES string of the molecule is Fc1ccccc1N(c1ccc(-c2ccc3c(c2)C2C=CC=CC2N3)cc1)C1C=CC=CC1. The number of benzene rings is 3. The van der Waals surface area contributed by atoms with Gasteiger partial charge >= 0.3 is 0 Å². The summed E-state index contributed by atoms with van der Waals surface area (Å²) in [7, 11) is 0. The van der Waals surface area contributed by atoms with Gasteiger partial charge in [0.05, 0.1) is 17.8 Å². The van der Waals surface area contributed by atoms with Crippen molar-refractivity contribution in [3.63, 3.8) is 0 Å². The number of hydrogen-bond acceptors (Lipinski definition) is 2. The molecule has 0 fully saturated rings. The fourth-order valence-corrected chi connectivity index (χ4v) is 5.10. The first kappa shape index (κ1) is 19.8. The summed E-state index contributed by atoms with van der Waals surface area (Å²) in [6.45, 7) is 0. The van der Waals surface area contributed by atoms with Crippen molar-refractivity contribution >= 4 is 17.1 Å². The van der Waals surface area contributed by atoms with E-state index < -0.39 is 0 Å². The highest BCUT2D eigenvalue weighted by Gasteiger charge is 2.29. The fourth-order valence-electron chi connectivity index (χ4n) is 5.10. The highest BCUT2D eigenvalue weighted by atomic mass is 19.1. The Morgan fingerprint density at radius 2 is 1.58 bits per heavy atom. The third-order valence-corrected chi connectivity index (χ3v) is 6.75. The standard InChI is InChI=1S/C30H25FN2/c31-27-11-5-7-13-30(27)33(23-8-2-1-3-9-23)24-17-14-21(15-18-24)22-16-19-29-26(20-22)25-10-4-6-12-28(25)32-29/h1-8,10-20,23,25,28,32H,9H2. The van der Waals surface area contributed by atoms with Crippen molar-refractivity contribution in [2.24, 2.45) is 0 Å². The second-order valence-electron chi connectivity index (χ2n) is 8.75. The Kier molecular flexibility index (Phi) is 4.95. The van der Waals surface area contributed by atoms with Crippen molar-refractivity contribution in [3.8, 4) is 11.1 Å². The zero-order valence-corrected chi connectivity index (χ0v) is 18.2. The van der Waals surface area contributed by atoms with Crippen molar-refractivity contribution in [3.05, 3.63) is 127 Å². The number of hydrogen-bond donors (Lipinski definition) is 1. The maximum absolute atomic E-state index is 14.8. The van der Waals surface area contributed by atoms with Crippen LogP contribution in [0.1, 0.15) is 17.9 Å². The highest BCUT2D eigenvalue weighted by molar-refractivity contribution is 5.75. The van der Waals surface area contributed by atoms with Crippen molar-refractivity contribution in [2.75, 3.05) is 10.2 Å². The van der Waals surface area contributed by atoms with Gasteiger partial charge in [-0.25, -0.2) is 4.39 Å². The second kappa shape index (κ2) is 8.25. The Bertz CT molecular complexity index is 1300. The number of fused-ring (bicyclic) bond motifs is 3. The molecule has 1 heterocycles. The Balaban J connectivity index is 1.34. The van der Waals surface area contributed by atoms with Gasteiger partial charge in [-0.2, -0.15) is 0 Å². The van der Waals surface area contributed by atoms with E-state index in [1.54, 1.807) is 6.07 Å². The lowest BCUT2D eigenvalue weighted by atomic mass is 9.90. The van der Waals surface area contributed by atoms with E-state index in [2.05, 4.69) is 89.1 Å². The molecule has 0 saturated heterocycles. The van der Waals surface area contributed by atoms with Crippen LogP contribution in [0.15, 0.2) is 115 Å². The third kappa shape index (κ3) is 3.60. The van der Waals surface area contributed by atoms with Gasteiger partial charge in [-0.3, -0.25) is 0 Å². The fraction of sp³-hybridized carbons (Fsp3) is 0.133. The second-order valence-corrected chi connectivity index (χ2v) is 8.75. The zero-order valence-electron chi connectivity index (χ0n) is 18.2. The molecule has 0 spiro atoms. The number of halogens is 1. The van der Waals surface area contributed by atoms with E-state index in [0.29, 0.717) is 17.6 Å². The maximum Gasteiger partial charge on any atom is 0.146 e. The average Bonchev–Trinajstić information content (AvgIpc) is 3.24. The van der Waals surface area contributed by atoms with E-state index in [1.807, 2.05) is 24.3 Å². The molecule has 0 aromatic heterocycles. The van der Waals surface area contributed by atoms with Gasteiger partial charge in [-0.15, -0.1) is 0 Å². The molecule has 33 heavy (non-hydrogen) atoms. The lowest BCUT2D eigenvalue weighted by Crippen LogP contribution is -2.30. The van der Waals surface area contributed by atoms with E-state index in [-0.39, 0.29) is 11.9 Å². The minimum absolute atomic E-state index is 0.0758. The van der Waals surface area contributed by atoms with E-state index in [4.69, 9.17) is 0 Å². The molecule has 162 valence electrons. The monoisotopic (exact) mass is 432 g/mol. The zero-order chi connectivity index (χ0) is 22.2. The van der Waals surface area contributed by atoms with Crippen LogP contribution >= 0.6 is 0 Å². The molecule has 0 amide bonds. The quantitative estimate of drug-likeness (QED) is 0.459. The molecule has 1 N–H and O–H groups in total. The predicted molar refractivity (Wildman–Crippen MR) is 136 cm³/mol. The smallest absolute Gasteiger partial charge is 0.146 e. The Morgan fingerprint density at radius 3 is 2.39 bits per heavy atom. The number of nitrogens with zero attached hydrogens (tertiary/aromatic N) is 1. The van der Waals surface area contributed by atoms with E-state index in [0.717, 1.165) is 17.7 Å². The predicted octanol–water partition coefficient (Wildman–Crippen LogP) is 7.52. The van der Waals surface area contributed by atoms with Crippen LogP contribution in [-0.2, 0) is 0 Å². The third-order valence-electron chi connectivity index (χ3n) is 6.75. The van der Waals surface area contributed by atoms with E-state index in [1.165, 1.54) is 22.9 Å². The summed E-state index contributed by atoms with van der Waals surface area (Å²) in [6.07, 6.45) is 17.9. The van der Waals surface area contributed by atoms with Crippen molar-refractivity contribution in [1.29, 1.82) is 0 Å². The molecule has 3 aromatic rings. The summed E-state index contributed by atoms with van der Waals surface area (Å²) < 4.78 is 14.8. The first-order valence-electron chi connectivity index (χ1n) is 11.5. The number of anilines is 3. The maximum atomic E-state index is 14.8. The lowest BCUT2D eigenvalue weighted by Gasteiger charge is -2.33. The Hall–Kier alpha value is -3.85. The van der Waals surface area contributed by atoms with Crippen LogP contribution in [-0.4, -0.2) is 12.1 Å². The van der Waals surface area contributed by atoms with Crippen LogP contribution in [0.3, 0.4) is 0 Å². The van der Waals surface area contributed by atoms with Gasteiger partial charge in [0.1, 0.15) is 5.82 Å². The summed E-state index contributed by atoms with van der Waals surface area (Å²) in [5.74, 6) is 0.173. The van der Waals surface area contributed by atoms with Crippen LogP contribution in [0.5, 0.6) is 0 Å². The van der Waals surface area contributed by atoms with Crippen molar-refractivity contribution in [2.45, 2.75) is 24.4 Å². The number of rotatable bonds is 4. The summed E-state index contributed by atoms with van der Waals surface area (Å²) in [4.78, 5) is 2.09. The molecular formula is C30H25FN2. The molecule has 3 aliphatic rings. The molecule has 2 aliphatic carbocycles. The van der Waals surface area contributed by atoms with Crippen LogP contribution in [0.4, 0.5) is 21.5 Å². The van der Waals surface area contributed by atoms with Crippen molar-refractivity contribution < 1.29 is 4.39 Å². The van der Waals surface area contributed by atoms with Crippen LogP contribution in [0.2, 0.25) is 0 Å². The number of allylic oxidation sites excluding steroid dienone is 4. The summed E-state index contributed by atoms with van der Waals surface area (Å²) in [5, 5.41) is 3.61. The topological polar surface area (TPSA) is 15.3 Å². The Morgan fingerprint density at radius 1 is 0.788 bits per heavy atom. The first-order valence-corrected chi connectivity index (χ1v) is 11.5. The lowest BCUT2D eigenvalue weighted by molar-refractivity contribution is 0.619. The number of nitrogens with one attached hydrogen (secondary N) is 1. The van der Waals surface area contributed by atoms with Gasteiger partial charge in [0.2, 0.25) is 0 Å². The first-order chi connectivity index (χ1) is 16.3. The molecule has 0 radical (unpaired) electrons. The van der Waals surface area contributed by atoms with Gasteiger partial charge in [0, 0.05) is 17.3 Å². The minimum atomic E-state index is -0.209. The van der Waals surface area contributed by atoms with Gasteiger partial charge in [-0.05, 0) is 59.5 Å². The van der Waals surface area contributed by atoms with Gasteiger partial charge in [-0.1, -0.05) is 78.9 Å². The van der Waals surface area contributed by atoms with E-state index in [9.17, 15) is 4.39 Å². The normalized spacial score (nSPS) is 22.0. The molecule has 3 atom stereocenters.